The molecule has 0 amide bonds. The van der Waals surface area contributed by atoms with E-state index in [0.29, 0.717) is 17.6 Å². The maximum absolute atomic E-state index is 5.17. The first-order chi connectivity index (χ1) is 49.1. The fraction of sp³-hybridized carbons (Fsp3) is 0. The molecular formula is C92H59N7. The summed E-state index contributed by atoms with van der Waals surface area (Å²) in [6, 6.07) is 127. The molecule has 0 radical (unpaired) electrons. The first-order valence-electron chi connectivity index (χ1n) is 33.6. The molecule has 0 aliphatic carbocycles. The molecule has 0 atom stereocenters. The Labute approximate surface area is 570 Å². The zero-order valence-corrected chi connectivity index (χ0v) is 53.7. The highest BCUT2D eigenvalue weighted by Crippen LogP contribution is 2.47. The van der Waals surface area contributed by atoms with Crippen molar-refractivity contribution in [1.29, 1.82) is 0 Å². The monoisotopic (exact) mass is 1260 g/mol. The highest BCUT2D eigenvalue weighted by molar-refractivity contribution is 6.25. The second-order valence-electron chi connectivity index (χ2n) is 25.3. The van der Waals surface area contributed by atoms with Crippen LogP contribution >= 0.6 is 0 Å². The number of rotatable bonds is 9. The van der Waals surface area contributed by atoms with Crippen molar-refractivity contribution in [2.45, 2.75) is 0 Å². The largest absolute Gasteiger partial charge is 0.307 e. The van der Waals surface area contributed by atoms with Crippen molar-refractivity contribution in [3.8, 4) is 84.9 Å². The lowest BCUT2D eigenvalue weighted by atomic mass is 9.84. The first kappa shape index (κ1) is 57.1. The highest BCUT2D eigenvalue weighted by Gasteiger charge is 2.25. The molecule has 0 aliphatic rings. The average molecular weight is 1260 g/mol. The van der Waals surface area contributed by atoms with E-state index in [1.54, 1.807) is 0 Å². The van der Waals surface area contributed by atoms with Gasteiger partial charge in [-0.2, -0.15) is 9.97 Å². The Bertz CT molecular complexity index is 6450. The topological polar surface area (TPSA) is 66.3 Å². The fourth-order valence-corrected chi connectivity index (χ4v) is 15.0. The number of hydrogen-bond acceptors (Lipinski definition) is 4. The average Bonchev–Trinajstić information content (AvgIpc) is 1.59. The van der Waals surface area contributed by atoms with Crippen molar-refractivity contribution in [3.05, 3.63) is 358 Å². The lowest BCUT2D eigenvalue weighted by Gasteiger charge is -2.19. The van der Waals surface area contributed by atoms with Crippen LogP contribution in [0.25, 0.3) is 183 Å². The van der Waals surface area contributed by atoms with E-state index in [0.717, 1.165) is 83.3 Å². The van der Waals surface area contributed by atoms with Crippen molar-refractivity contribution < 1.29 is 0 Å². The van der Waals surface area contributed by atoms with E-state index >= 15 is 0 Å². The molecule has 16 aromatic carbocycles. The van der Waals surface area contributed by atoms with Crippen molar-refractivity contribution in [2.24, 2.45) is 0 Å². The molecule has 7 nitrogen and oxygen atoms in total. The second-order valence-corrected chi connectivity index (χ2v) is 25.3. The van der Waals surface area contributed by atoms with Crippen LogP contribution in [0.15, 0.2) is 358 Å². The minimum atomic E-state index is 0.585. The molecule has 99 heavy (non-hydrogen) atoms. The number of fused-ring (bicyclic) bond motifs is 12. The van der Waals surface area contributed by atoms with E-state index in [4.69, 9.17) is 19.9 Å². The molecule has 20 rings (SSSR count). The molecule has 462 valence electrons. The Hall–Kier alpha value is -13.4. The van der Waals surface area contributed by atoms with Crippen LogP contribution in [-0.2, 0) is 0 Å². The lowest BCUT2D eigenvalue weighted by Crippen LogP contribution is -2.07. The SMILES string of the molecule is c1ccc(-c2nc(-c3ccccc3)nc(-n3c4ccccc4c4ccc5c6ccccc6n(-c6ccccc6)c5c43)n2)cc1.c1ccc(-n2c(-c3ccc(-c4ccc5c(-c6ccc7ccccc7c6)c6ccccc6c(-c6ccc7ccccc7c6)c5c4)cc3)nc3ccccc32)cc1. The van der Waals surface area contributed by atoms with Crippen molar-refractivity contribution in [2.75, 3.05) is 0 Å². The van der Waals surface area contributed by atoms with Gasteiger partial charge in [-0.05, 0) is 143 Å². The van der Waals surface area contributed by atoms with Crippen LogP contribution in [0.1, 0.15) is 0 Å². The maximum atomic E-state index is 5.17. The van der Waals surface area contributed by atoms with Crippen molar-refractivity contribution >= 4 is 97.7 Å². The van der Waals surface area contributed by atoms with E-state index in [1.807, 2.05) is 60.7 Å². The number of hydrogen-bond donors (Lipinski definition) is 0. The molecule has 0 spiro atoms. The van der Waals surface area contributed by atoms with Crippen LogP contribution in [0.3, 0.4) is 0 Å². The van der Waals surface area contributed by atoms with Gasteiger partial charge in [0, 0.05) is 49.6 Å². The first-order valence-corrected chi connectivity index (χ1v) is 33.6. The van der Waals surface area contributed by atoms with Gasteiger partial charge in [0.2, 0.25) is 5.95 Å². The third-order valence-electron chi connectivity index (χ3n) is 19.5. The normalized spacial score (nSPS) is 11.6. The summed E-state index contributed by atoms with van der Waals surface area (Å²) in [5.74, 6) is 2.79. The molecule has 0 bridgehead atoms. The van der Waals surface area contributed by atoms with Gasteiger partial charge in [-0.3, -0.25) is 9.13 Å². The van der Waals surface area contributed by atoms with Crippen LogP contribution in [-0.4, -0.2) is 33.6 Å². The second kappa shape index (κ2) is 23.8. The molecule has 0 saturated heterocycles. The Balaban J connectivity index is 0.000000142. The van der Waals surface area contributed by atoms with Gasteiger partial charge in [0.1, 0.15) is 5.82 Å². The van der Waals surface area contributed by atoms with Crippen LogP contribution in [0.2, 0.25) is 0 Å². The van der Waals surface area contributed by atoms with Gasteiger partial charge in [-0.25, -0.2) is 9.97 Å². The predicted octanol–water partition coefficient (Wildman–Crippen LogP) is 23.7. The van der Waals surface area contributed by atoms with Crippen LogP contribution < -0.4 is 0 Å². The van der Waals surface area contributed by atoms with Crippen LogP contribution in [0.4, 0.5) is 0 Å². The third-order valence-corrected chi connectivity index (χ3v) is 19.5. The number of para-hydroxylation sites is 6. The summed E-state index contributed by atoms with van der Waals surface area (Å²) in [5, 5.41) is 14.7. The number of nitrogens with zero attached hydrogens (tertiary/aromatic N) is 7. The summed E-state index contributed by atoms with van der Waals surface area (Å²) in [4.78, 5) is 20.4. The summed E-state index contributed by atoms with van der Waals surface area (Å²) in [5.41, 5.74) is 18.9. The zero-order valence-electron chi connectivity index (χ0n) is 53.7. The standard InChI is InChI=1S/C53H34N2.C39H25N5/c1-2-16-44(17-3-1)55-50-21-11-10-20-49(50)54-53(55)38-26-22-37(23-27-38)41-30-31-47-48(34-41)52(43-29-25-36-13-5-7-15-40(36)33-43)46-19-9-8-18-45(46)51(47)42-28-24-35-12-4-6-14-39(35)32-42;1-4-14-26(15-5-1)37-40-38(27-16-6-2-7-17-27)42-39(41-37)44-34-23-13-11-21-30(34)32-25-24-31-29-20-10-12-22-33(29)43(35(31)36(32)44)28-18-8-3-9-19-28/h1-34H;1-25H. The summed E-state index contributed by atoms with van der Waals surface area (Å²) >= 11 is 0. The van der Waals surface area contributed by atoms with E-state index < -0.39 is 0 Å². The molecule has 0 fully saturated rings. The van der Waals surface area contributed by atoms with Gasteiger partial charge < -0.3 is 4.57 Å². The molecule has 4 aromatic heterocycles. The molecule has 0 aliphatic heterocycles. The Morgan fingerprint density at radius 1 is 0.202 bits per heavy atom. The summed E-state index contributed by atoms with van der Waals surface area (Å²) < 4.78 is 6.86. The van der Waals surface area contributed by atoms with Gasteiger partial charge in [0.25, 0.3) is 0 Å². The van der Waals surface area contributed by atoms with Crippen LogP contribution in [0.5, 0.6) is 0 Å². The Kier molecular flexibility index (Phi) is 13.7. The molecule has 0 N–H and O–H groups in total. The molecule has 0 saturated carbocycles. The molecule has 7 heteroatoms. The minimum absolute atomic E-state index is 0.585. The number of imidazole rings is 1. The predicted molar refractivity (Wildman–Crippen MR) is 412 cm³/mol. The number of benzene rings is 16. The van der Waals surface area contributed by atoms with E-state index in [9.17, 15) is 0 Å². The summed E-state index contributed by atoms with van der Waals surface area (Å²) in [6.45, 7) is 0. The van der Waals surface area contributed by atoms with Gasteiger partial charge in [0.15, 0.2) is 11.6 Å². The molecule has 20 aromatic rings. The zero-order chi connectivity index (χ0) is 65.3. The lowest BCUT2D eigenvalue weighted by molar-refractivity contribution is 0.953. The quantitative estimate of drug-likeness (QED) is 0.135. The third kappa shape index (κ3) is 9.82. The maximum Gasteiger partial charge on any atom is 0.238 e. The Morgan fingerprint density at radius 3 is 1.16 bits per heavy atom. The smallest absolute Gasteiger partial charge is 0.238 e. The number of aromatic nitrogens is 7. The van der Waals surface area contributed by atoms with Gasteiger partial charge in [-0.15, -0.1) is 0 Å². The fourth-order valence-electron chi connectivity index (χ4n) is 15.0. The Morgan fingerprint density at radius 2 is 0.596 bits per heavy atom. The van der Waals surface area contributed by atoms with Gasteiger partial charge in [-0.1, -0.05) is 291 Å². The van der Waals surface area contributed by atoms with E-state index in [-0.39, 0.29) is 0 Å². The van der Waals surface area contributed by atoms with Gasteiger partial charge in [0.05, 0.1) is 33.1 Å². The van der Waals surface area contributed by atoms with E-state index in [1.165, 1.54) is 81.7 Å². The molecule has 4 heterocycles. The van der Waals surface area contributed by atoms with Gasteiger partial charge >= 0.3 is 0 Å². The molecular weight excluding hydrogens is 1200 g/mol. The summed E-state index contributed by atoms with van der Waals surface area (Å²) in [7, 11) is 0. The van der Waals surface area contributed by atoms with E-state index in [2.05, 4.69) is 311 Å². The van der Waals surface area contributed by atoms with Crippen molar-refractivity contribution in [1.82, 2.24) is 33.6 Å². The minimum Gasteiger partial charge on any atom is -0.307 e. The summed E-state index contributed by atoms with van der Waals surface area (Å²) in [6.07, 6.45) is 0. The van der Waals surface area contributed by atoms with Crippen molar-refractivity contribution in [3.63, 3.8) is 0 Å². The molecule has 0 unspecified atom stereocenters. The highest BCUT2D eigenvalue weighted by atomic mass is 15.2. The van der Waals surface area contributed by atoms with Crippen LogP contribution in [0, 0.1) is 0 Å².